The number of aromatic nitrogens is 1. The highest BCUT2D eigenvalue weighted by molar-refractivity contribution is 5.97. The van der Waals surface area contributed by atoms with E-state index in [9.17, 15) is 14.7 Å². The quantitative estimate of drug-likeness (QED) is 0.626. The van der Waals surface area contributed by atoms with Crippen LogP contribution in [0, 0.1) is 5.92 Å². The number of aliphatic hydroxyl groups is 1. The highest BCUT2D eigenvalue weighted by Crippen LogP contribution is 2.28. The van der Waals surface area contributed by atoms with Gasteiger partial charge in [0.1, 0.15) is 17.4 Å². The van der Waals surface area contributed by atoms with E-state index in [1.54, 1.807) is 67.4 Å². The number of likely N-dealkylation sites (N-methyl/N-ethyl adjacent to an activating group) is 1. The van der Waals surface area contributed by atoms with Gasteiger partial charge in [-0.15, -0.1) is 0 Å². The summed E-state index contributed by atoms with van der Waals surface area (Å²) in [7, 11) is 3.28. The Balaban J connectivity index is 1.83. The molecule has 0 saturated carbocycles. The maximum Gasteiger partial charge on any atom is 0.321 e. The van der Waals surface area contributed by atoms with Gasteiger partial charge in [-0.3, -0.25) is 4.79 Å². The number of amides is 3. The molecule has 2 N–H and O–H groups in total. The number of allylic oxidation sites excluding steroid dienone is 1. The van der Waals surface area contributed by atoms with E-state index in [-0.39, 0.29) is 42.9 Å². The molecule has 0 aliphatic carbocycles. The van der Waals surface area contributed by atoms with E-state index in [1.165, 1.54) is 0 Å². The van der Waals surface area contributed by atoms with Crippen LogP contribution in [0.25, 0.3) is 6.08 Å². The molecule has 3 atom stereocenters. The number of anilines is 1. The molecule has 0 unspecified atom stereocenters. The third-order valence-corrected chi connectivity index (χ3v) is 6.04. The zero-order valence-corrected chi connectivity index (χ0v) is 20.9. The van der Waals surface area contributed by atoms with Crippen LogP contribution in [0.1, 0.15) is 36.7 Å². The number of carbonyl (C=O) groups excluding carboxylic acids is 2. The first-order chi connectivity index (χ1) is 16.8. The second kappa shape index (κ2) is 11.7. The number of carbonyl (C=O) groups is 2. The van der Waals surface area contributed by atoms with Gasteiger partial charge in [0.2, 0.25) is 5.88 Å². The van der Waals surface area contributed by atoms with Gasteiger partial charge in [0.25, 0.3) is 5.91 Å². The number of nitrogens with zero attached hydrogens (tertiary/aromatic N) is 3. The predicted octanol–water partition coefficient (Wildman–Crippen LogP) is 3.51. The Hall–Kier alpha value is -3.59. The van der Waals surface area contributed by atoms with Crippen LogP contribution < -0.4 is 14.8 Å². The van der Waals surface area contributed by atoms with Crippen LogP contribution in [0.2, 0.25) is 0 Å². The molecule has 3 amide bonds. The predicted molar refractivity (Wildman–Crippen MR) is 135 cm³/mol. The Kier molecular flexibility index (Phi) is 8.70. The molecule has 1 aromatic carbocycles. The van der Waals surface area contributed by atoms with E-state index < -0.39 is 6.10 Å². The lowest BCUT2D eigenvalue weighted by Crippen LogP contribution is -2.50. The van der Waals surface area contributed by atoms with Gasteiger partial charge in [0.15, 0.2) is 0 Å². The minimum absolute atomic E-state index is 0.130. The Bertz CT molecular complexity index is 1060. The second-order valence-corrected chi connectivity index (χ2v) is 8.78. The second-order valence-electron chi connectivity index (χ2n) is 8.78. The third kappa shape index (κ3) is 6.30. The largest absolute Gasteiger partial charge is 0.497 e. The van der Waals surface area contributed by atoms with Crippen LogP contribution in [0.15, 0.2) is 42.6 Å². The van der Waals surface area contributed by atoms with Crippen molar-refractivity contribution in [1.29, 1.82) is 0 Å². The molecule has 1 aliphatic heterocycles. The minimum atomic E-state index is -0.429. The maximum absolute atomic E-state index is 13.4. The lowest BCUT2D eigenvalue weighted by molar-refractivity contribution is 0.0356. The van der Waals surface area contributed by atoms with Gasteiger partial charge < -0.3 is 29.7 Å². The van der Waals surface area contributed by atoms with Crippen LogP contribution in [0.3, 0.4) is 0 Å². The maximum atomic E-state index is 13.4. The zero-order chi connectivity index (χ0) is 25.5. The van der Waals surface area contributed by atoms with Crippen LogP contribution in [0.5, 0.6) is 11.6 Å². The molecule has 1 aliphatic rings. The number of fused-ring (bicyclic) bond motifs is 1. The standard InChI is InChI=1S/C26H34N4O5/c1-6-7-19-12-22-24(27-13-19)35-23(17(2)14-30(25(22)32)18(3)16-31)15-29(4)26(33)28-20-8-10-21(34-5)11-9-20/h6-13,17-18,23,31H,14-16H2,1-5H3,(H,28,33)/b7-6+/t17-,18-,23+/m1/s1. The molecule has 188 valence electrons. The first-order valence-electron chi connectivity index (χ1n) is 11.6. The SMILES string of the molecule is C/C=C/c1cnc2c(c1)C(=O)N([C@H](C)CO)C[C@@H](C)[C@H](CN(C)C(=O)Nc1ccc(OC)cc1)O2. The summed E-state index contributed by atoms with van der Waals surface area (Å²) >= 11 is 0. The van der Waals surface area contributed by atoms with Crippen molar-refractivity contribution in [3.63, 3.8) is 0 Å². The topological polar surface area (TPSA) is 104 Å². The summed E-state index contributed by atoms with van der Waals surface area (Å²) in [6.45, 7) is 6.14. The van der Waals surface area contributed by atoms with Gasteiger partial charge >= 0.3 is 6.03 Å². The van der Waals surface area contributed by atoms with Crippen molar-refractivity contribution in [2.24, 2.45) is 5.92 Å². The smallest absolute Gasteiger partial charge is 0.321 e. The summed E-state index contributed by atoms with van der Waals surface area (Å²) in [4.78, 5) is 33.8. The number of pyridine rings is 1. The summed E-state index contributed by atoms with van der Waals surface area (Å²) in [5.41, 5.74) is 1.76. The fourth-order valence-corrected chi connectivity index (χ4v) is 3.87. The highest BCUT2D eigenvalue weighted by Gasteiger charge is 2.34. The fourth-order valence-electron chi connectivity index (χ4n) is 3.87. The van der Waals surface area contributed by atoms with Crippen molar-refractivity contribution in [1.82, 2.24) is 14.8 Å². The summed E-state index contributed by atoms with van der Waals surface area (Å²) in [5.74, 6) is 0.553. The Labute approximate surface area is 206 Å². The molecule has 0 fully saturated rings. The molecule has 2 heterocycles. The van der Waals surface area contributed by atoms with Crippen LogP contribution >= 0.6 is 0 Å². The van der Waals surface area contributed by atoms with E-state index in [0.717, 1.165) is 5.56 Å². The van der Waals surface area contributed by atoms with Crippen molar-refractivity contribution in [3.05, 3.63) is 53.7 Å². The lowest BCUT2D eigenvalue weighted by atomic mass is 10.00. The molecule has 35 heavy (non-hydrogen) atoms. The summed E-state index contributed by atoms with van der Waals surface area (Å²) in [6.07, 6.45) is 4.95. The Morgan fingerprint density at radius 1 is 1.40 bits per heavy atom. The van der Waals surface area contributed by atoms with Crippen molar-refractivity contribution >= 4 is 23.7 Å². The monoisotopic (exact) mass is 482 g/mol. The lowest BCUT2D eigenvalue weighted by Gasteiger charge is -2.37. The van der Waals surface area contributed by atoms with E-state index in [2.05, 4.69) is 10.3 Å². The number of aliphatic hydroxyl groups excluding tert-OH is 1. The molecule has 0 radical (unpaired) electrons. The molecular weight excluding hydrogens is 448 g/mol. The Morgan fingerprint density at radius 2 is 2.11 bits per heavy atom. The van der Waals surface area contributed by atoms with Gasteiger partial charge in [0, 0.05) is 31.4 Å². The molecule has 2 aromatic rings. The Morgan fingerprint density at radius 3 is 2.74 bits per heavy atom. The van der Waals surface area contributed by atoms with Crippen LogP contribution in [-0.2, 0) is 0 Å². The number of ether oxygens (including phenoxy) is 2. The molecule has 3 rings (SSSR count). The fraction of sp³-hybridized carbons (Fsp3) is 0.423. The molecule has 1 aromatic heterocycles. The average molecular weight is 483 g/mol. The average Bonchev–Trinajstić information content (AvgIpc) is 2.86. The van der Waals surface area contributed by atoms with Gasteiger partial charge in [-0.25, -0.2) is 9.78 Å². The van der Waals surface area contributed by atoms with E-state index in [0.29, 0.717) is 23.5 Å². The first-order valence-corrected chi connectivity index (χ1v) is 11.6. The zero-order valence-electron chi connectivity index (χ0n) is 20.9. The molecule has 0 bridgehead atoms. The first kappa shape index (κ1) is 26.0. The van der Waals surface area contributed by atoms with E-state index in [4.69, 9.17) is 9.47 Å². The number of methoxy groups -OCH3 is 1. The van der Waals surface area contributed by atoms with E-state index in [1.807, 2.05) is 26.0 Å². The van der Waals surface area contributed by atoms with Crippen LogP contribution in [0.4, 0.5) is 10.5 Å². The normalized spacial score (nSPS) is 18.8. The molecular formula is C26H34N4O5. The number of hydrogen-bond donors (Lipinski definition) is 2. The molecule has 0 saturated heterocycles. The van der Waals surface area contributed by atoms with Crippen molar-refractivity contribution < 1.29 is 24.2 Å². The number of rotatable bonds is 7. The number of nitrogens with one attached hydrogen (secondary N) is 1. The number of urea groups is 1. The van der Waals surface area contributed by atoms with Gasteiger partial charge in [-0.2, -0.15) is 0 Å². The van der Waals surface area contributed by atoms with Crippen LogP contribution in [-0.4, -0.2) is 77.8 Å². The van der Waals surface area contributed by atoms with Gasteiger partial charge in [-0.05, 0) is 49.7 Å². The number of benzene rings is 1. The minimum Gasteiger partial charge on any atom is -0.497 e. The summed E-state index contributed by atoms with van der Waals surface area (Å²) in [5, 5.41) is 12.6. The third-order valence-electron chi connectivity index (χ3n) is 6.04. The van der Waals surface area contributed by atoms with Crippen molar-refractivity contribution in [3.8, 4) is 11.6 Å². The van der Waals surface area contributed by atoms with E-state index >= 15 is 0 Å². The van der Waals surface area contributed by atoms with Gasteiger partial charge in [0.05, 0.1) is 26.3 Å². The molecule has 9 heteroatoms. The summed E-state index contributed by atoms with van der Waals surface area (Å²) < 4.78 is 11.4. The number of hydrogen-bond acceptors (Lipinski definition) is 6. The molecule has 9 nitrogen and oxygen atoms in total. The van der Waals surface area contributed by atoms with Gasteiger partial charge in [-0.1, -0.05) is 19.1 Å². The highest BCUT2D eigenvalue weighted by atomic mass is 16.5. The van der Waals surface area contributed by atoms with Crippen molar-refractivity contribution in [2.75, 3.05) is 39.2 Å². The molecule has 0 spiro atoms. The van der Waals surface area contributed by atoms with Crippen molar-refractivity contribution in [2.45, 2.75) is 32.9 Å². The summed E-state index contributed by atoms with van der Waals surface area (Å²) in [6, 6.07) is 8.15.